The molecule has 1 saturated carbocycles. The van der Waals surface area contributed by atoms with Crippen molar-refractivity contribution in [3.05, 3.63) is 0 Å². The summed E-state index contributed by atoms with van der Waals surface area (Å²) >= 11 is 0. The molecule has 4 fully saturated rings. The van der Waals surface area contributed by atoms with Crippen molar-refractivity contribution in [3.63, 3.8) is 0 Å². The molecule has 0 radical (unpaired) electrons. The lowest BCUT2D eigenvalue weighted by molar-refractivity contribution is -0.147. The van der Waals surface area contributed by atoms with E-state index in [1.807, 2.05) is 4.90 Å². The minimum Gasteiger partial charge on any atom is -0.342 e. The van der Waals surface area contributed by atoms with Crippen molar-refractivity contribution in [1.82, 2.24) is 20.0 Å². The summed E-state index contributed by atoms with van der Waals surface area (Å²) in [7, 11) is 0. The third kappa shape index (κ3) is 3.77. The van der Waals surface area contributed by atoms with Crippen LogP contribution in [0.4, 0.5) is 0 Å². The first-order chi connectivity index (χ1) is 12.7. The normalized spacial score (nSPS) is 33.6. The fourth-order valence-electron chi connectivity index (χ4n) is 5.42. The number of nitrogens with one attached hydrogen (secondary N) is 1. The van der Waals surface area contributed by atoms with Gasteiger partial charge in [0, 0.05) is 70.2 Å². The second-order valence-electron chi connectivity index (χ2n) is 8.54. The standard InChI is InChI=1S/C20H34N4O2/c25-19(23-10-3-4-11-23)17-5-1-2-6-18(17)20(26)24-12-7-16(15-24)22-13-8-21-9-14-22/h16-18,21H,1-15H2. The van der Waals surface area contributed by atoms with Gasteiger partial charge in [-0.2, -0.15) is 0 Å². The SMILES string of the molecule is O=C(C1CCCCC1C(=O)N1CCC(N2CCNCC2)C1)N1CCCC1. The number of hydrogen-bond acceptors (Lipinski definition) is 4. The van der Waals surface area contributed by atoms with E-state index in [2.05, 4.69) is 15.1 Å². The molecule has 146 valence electrons. The Morgan fingerprint density at radius 2 is 1.31 bits per heavy atom. The lowest BCUT2D eigenvalue weighted by atomic mass is 9.77. The number of carbonyl (C=O) groups is 2. The number of hydrogen-bond donors (Lipinski definition) is 1. The van der Waals surface area contributed by atoms with Crippen molar-refractivity contribution < 1.29 is 9.59 Å². The van der Waals surface area contributed by atoms with Gasteiger partial charge < -0.3 is 15.1 Å². The molecule has 4 aliphatic rings. The second kappa shape index (κ2) is 8.26. The van der Waals surface area contributed by atoms with Crippen LogP contribution < -0.4 is 5.32 Å². The van der Waals surface area contributed by atoms with E-state index in [0.29, 0.717) is 6.04 Å². The number of amides is 2. The first kappa shape index (κ1) is 18.2. The average molecular weight is 363 g/mol. The van der Waals surface area contributed by atoms with E-state index >= 15 is 0 Å². The van der Waals surface area contributed by atoms with Crippen LogP contribution in [0.1, 0.15) is 44.9 Å². The molecule has 2 amide bonds. The van der Waals surface area contributed by atoms with Crippen molar-refractivity contribution >= 4 is 11.8 Å². The fraction of sp³-hybridized carbons (Fsp3) is 0.900. The first-order valence-corrected chi connectivity index (χ1v) is 10.8. The highest BCUT2D eigenvalue weighted by molar-refractivity contribution is 5.88. The van der Waals surface area contributed by atoms with Gasteiger partial charge in [0.05, 0.1) is 0 Å². The monoisotopic (exact) mass is 362 g/mol. The number of carbonyl (C=O) groups excluding carboxylic acids is 2. The number of nitrogens with zero attached hydrogens (tertiary/aromatic N) is 3. The van der Waals surface area contributed by atoms with E-state index in [4.69, 9.17) is 0 Å². The molecule has 0 bridgehead atoms. The Labute approximate surface area is 157 Å². The minimum atomic E-state index is -0.0707. The highest BCUT2D eigenvalue weighted by Crippen LogP contribution is 2.34. The molecule has 6 nitrogen and oxygen atoms in total. The topological polar surface area (TPSA) is 55.9 Å². The minimum absolute atomic E-state index is 0.0624. The quantitative estimate of drug-likeness (QED) is 0.811. The average Bonchev–Trinajstić information content (AvgIpc) is 3.40. The molecule has 0 spiro atoms. The molecule has 6 heteroatoms. The highest BCUT2D eigenvalue weighted by atomic mass is 16.2. The van der Waals surface area contributed by atoms with Crippen LogP contribution in [0, 0.1) is 11.8 Å². The molecule has 1 N–H and O–H groups in total. The zero-order chi connectivity index (χ0) is 17.9. The summed E-state index contributed by atoms with van der Waals surface area (Å²) < 4.78 is 0. The summed E-state index contributed by atoms with van der Waals surface area (Å²) in [5, 5.41) is 3.40. The fourth-order valence-corrected chi connectivity index (χ4v) is 5.42. The Morgan fingerprint density at radius 1 is 0.692 bits per heavy atom. The molecule has 0 aromatic carbocycles. The summed E-state index contributed by atoms with van der Waals surface area (Å²) in [5.74, 6) is 0.393. The third-order valence-corrected chi connectivity index (χ3v) is 6.96. The molecular formula is C20H34N4O2. The van der Waals surface area contributed by atoms with Gasteiger partial charge in [0.1, 0.15) is 0 Å². The molecule has 3 aliphatic heterocycles. The molecular weight excluding hydrogens is 328 g/mol. The van der Waals surface area contributed by atoms with Crippen molar-refractivity contribution in [2.24, 2.45) is 11.8 Å². The van der Waals surface area contributed by atoms with E-state index < -0.39 is 0 Å². The number of piperazine rings is 1. The summed E-state index contributed by atoms with van der Waals surface area (Å²) in [6.45, 7) is 7.81. The lowest BCUT2D eigenvalue weighted by Gasteiger charge is -2.35. The van der Waals surface area contributed by atoms with Gasteiger partial charge in [-0.3, -0.25) is 14.5 Å². The molecule has 26 heavy (non-hydrogen) atoms. The number of rotatable bonds is 3. The van der Waals surface area contributed by atoms with Gasteiger partial charge in [0.2, 0.25) is 11.8 Å². The predicted octanol–water partition coefficient (Wildman–Crippen LogP) is 0.921. The van der Waals surface area contributed by atoms with Crippen molar-refractivity contribution in [2.45, 2.75) is 51.0 Å². The zero-order valence-electron chi connectivity index (χ0n) is 16.0. The maximum atomic E-state index is 13.3. The summed E-state index contributed by atoms with van der Waals surface area (Å²) in [6, 6.07) is 0.511. The predicted molar refractivity (Wildman–Crippen MR) is 101 cm³/mol. The van der Waals surface area contributed by atoms with Gasteiger partial charge >= 0.3 is 0 Å². The lowest BCUT2D eigenvalue weighted by Crippen LogP contribution is -2.50. The maximum Gasteiger partial charge on any atom is 0.226 e. The summed E-state index contributed by atoms with van der Waals surface area (Å²) in [5.41, 5.74) is 0. The molecule has 3 atom stereocenters. The molecule has 3 unspecified atom stereocenters. The largest absolute Gasteiger partial charge is 0.342 e. The van der Waals surface area contributed by atoms with Crippen molar-refractivity contribution in [2.75, 3.05) is 52.4 Å². The smallest absolute Gasteiger partial charge is 0.226 e. The summed E-state index contributed by atoms with van der Waals surface area (Å²) in [4.78, 5) is 32.9. The maximum absolute atomic E-state index is 13.3. The molecule has 4 rings (SSSR count). The van der Waals surface area contributed by atoms with E-state index in [-0.39, 0.29) is 23.7 Å². The van der Waals surface area contributed by atoms with Crippen molar-refractivity contribution in [3.8, 4) is 0 Å². The van der Waals surface area contributed by atoms with Crippen LogP contribution in [-0.2, 0) is 9.59 Å². The Bertz CT molecular complexity index is 514. The van der Waals surface area contributed by atoms with Gasteiger partial charge in [-0.1, -0.05) is 12.8 Å². The zero-order valence-corrected chi connectivity index (χ0v) is 16.0. The number of likely N-dealkylation sites (tertiary alicyclic amines) is 2. The van der Waals surface area contributed by atoms with Gasteiger partial charge in [0.25, 0.3) is 0 Å². The van der Waals surface area contributed by atoms with E-state index in [1.54, 1.807) is 0 Å². The molecule has 3 heterocycles. The van der Waals surface area contributed by atoms with E-state index in [1.165, 1.54) is 0 Å². The van der Waals surface area contributed by atoms with Crippen LogP contribution in [0.15, 0.2) is 0 Å². The van der Waals surface area contributed by atoms with Crippen LogP contribution >= 0.6 is 0 Å². The highest BCUT2D eigenvalue weighted by Gasteiger charge is 2.42. The Kier molecular flexibility index (Phi) is 5.79. The summed E-state index contributed by atoms with van der Waals surface area (Å²) in [6.07, 6.45) is 7.32. The Hall–Kier alpha value is -1.14. The first-order valence-electron chi connectivity index (χ1n) is 10.8. The third-order valence-electron chi connectivity index (χ3n) is 6.96. The second-order valence-corrected chi connectivity index (χ2v) is 8.54. The van der Waals surface area contributed by atoms with Gasteiger partial charge in [-0.05, 0) is 32.1 Å². The van der Waals surface area contributed by atoms with Gasteiger partial charge in [-0.15, -0.1) is 0 Å². The molecule has 1 aliphatic carbocycles. The van der Waals surface area contributed by atoms with Gasteiger partial charge in [-0.25, -0.2) is 0 Å². The van der Waals surface area contributed by atoms with E-state index in [9.17, 15) is 9.59 Å². The van der Waals surface area contributed by atoms with E-state index in [0.717, 1.165) is 97.3 Å². The van der Waals surface area contributed by atoms with Crippen LogP contribution in [0.2, 0.25) is 0 Å². The Balaban J connectivity index is 1.38. The van der Waals surface area contributed by atoms with Crippen LogP contribution in [0.3, 0.4) is 0 Å². The molecule has 3 saturated heterocycles. The van der Waals surface area contributed by atoms with Crippen LogP contribution in [0.25, 0.3) is 0 Å². The Morgan fingerprint density at radius 3 is 1.96 bits per heavy atom. The van der Waals surface area contributed by atoms with Crippen LogP contribution in [-0.4, -0.2) is 84.9 Å². The molecule has 0 aromatic heterocycles. The van der Waals surface area contributed by atoms with Gasteiger partial charge in [0.15, 0.2) is 0 Å². The van der Waals surface area contributed by atoms with Crippen LogP contribution in [0.5, 0.6) is 0 Å². The van der Waals surface area contributed by atoms with Crippen molar-refractivity contribution in [1.29, 1.82) is 0 Å². The molecule has 0 aromatic rings.